The lowest BCUT2D eigenvalue weighted by molar-refractivity contribution is -0.140. The van der Waals surface area contributed by atoms with Crippen LogP contribution in [0.3, 0.4) is 0 Å². The monoisotopic (exact) mass is 494 g/mol. The molecule has 1 N–H and O–H groups in total. The van der Waals surface area contributed by atoms with Gasteiger partial charge in [-0.15, -0.1) is 0 Å². The lowest BCUT2D eigenvalue weighted by Gasteiger charge is -2.29. The maximum atomic E-state index is 13.3. The van der Waals surface area contributed by atoms with Gasteiger partial charge < -0.3 is 19.7 Å². The highest BCUT2D eigenvalue weighted by molar-refractivity contribution is 6.30. The highest BCUT2D eigenvalue weighted by Crippen LogP contribution is 2.27. The van der Waals surface area contributed by atoms with Gasteiger partial charge in [-0.05, 0) is 54.3 Å². The zero-order valence-corrected chi connectivity index (χ0v) is 21.0. The van der Waals surface area contributed by atoms with Crippen molar-refractivity contribution >= 4 is 23.4 Å². The minimum Gasteiger partial charge on any atom is -0.493 e. The van der Waals surface area contributed by atoms with Gasteiger partial charge in [0.15, 0.2) is 11.5 Å². The summed E-state index contributed by atoms with van der Waals surface area (Å²) < 4.78 is 10.6. The van der Waals surface area contributed by atoms with Crippen molar-refractivity contribution in [1.29, 1.82) is 0 Å². The van der Waals surface area contributed by atoms with E-state index in [0.717, 1.165) is 16.7 Å². The molecule has 0 heterocycles. The maximum Gasteiger partial charge on any atom is 0.242 e. The van der Waals surface area contributed by atoms with Crippen LogP contribution in [0.25, 0.3) is 0 Å². The molecule has 3 aromatic rings. The minimum atomic E-state index is -0.639. The molecule has 1 unspecified atom stereocenters. The summed E-state index contributed by atoms with van der Waals surface area (Å²) in [6.45, 7) is 2.54. The number of amides is 2. The van der Waals surface area contributed by atoms with Gasteiger partial charge in [0.05, 0.1) is 20.6 Å². The average molecular weight is 495 g/mol. The Balaban J connectivity index is 1.66. The van der Waals surface area contributed by atoms with Crippen LogP contribution in [-0.2, 0) is 29.0 Å². The topological polar surface area (TPSA) is 67.9 Å². The highest BCUT2D eigenvalue weighted by atomic mass is 35.5. The molecule has 1 atom stereocenters. The van der Waals surface area contributed by atoms with Crippen LogP contribution in [0.1, 0.15) is 23.6 Å². The van der Waals surface area contributed by atoms with Gasteiger partial charge in [-0.25, -0.2) is 0 Å². The molecule has 2 amide bonds. The van der Waals surface area contributed by atoms with Crippen LogP contribution in [0.15, 0.2) is 72.8 Å². The fraction of sp³-hybridized carbons (Fsp3) is 0.286. The number of methoxy groups -OCH3 is 2. The van der Waals surface area contributed by atoms with Crippen molar-refractivity contribution < 1.29 is 19.1 Å². The number of benzene rings is 3. The van der Waals surface area contributed by atoms with E-state index in [-0.39, 0.29) is 18.2 Å². The first kappa shape index (κ1) is 26.1. The van der Waals surface area contributed by atoms with Gasteiger partial charge in [-0.3, -0.25) is 9.59 Å². The van der Waals surface area contributed by atoms with Crippen LogP contribution >= 0.6 is 11.6 Å². The Morgan fingerprint density at radius 3 is 2.20 bits per heavy atom. The summed E-state index contributed by atoms with van der Waals surface area (Å²) in [5, 5.41) is 3.58. The van der Waals surface area contributed by atoms with Gasteiger partial charge in [0.1, 0.15) is 6.04 Å². The Bertz CT molecular complexity index is 1120. The third-order valence-electron chi connectivity index (χ3n) is 5.79. The molecule has 3 aromatic carbocycles. The van der Waals surface area contributed by atoms with Crippen LogP contribution in [0, 0.1) is 0 Å². The number of ether oxygens (including phenoxy) is 2. The number of hydrogen-bond acceptors (Lipinski definition) is 4. The second-order valence-electron chi connectivity index (χ2n) is 8.22. The maximum absolute atomic E-state index is 13.3. The number of nitrogens with zero attached hydrogens (tertiary/aromatic N) is 1. The zero-order valence-electron chi connectivity index (χ0n) is 20.3. The molecule has 0 radical (unpaired) electrons. The molecule has 0 bridgehead atoms. The van der Waals surface area contributed by atoms with E-state index in [2.05, 4.69) is 5.32 Å². The molecule has 0 aromatic heterocycles. The van der Waals surface area contributed by atoms with E-state index in [4.69, 9.17) is 21.1 Å². The van der Waals surface area contributed by atoms with Crippen molar-refractivity contribution in [3.8, 4) is 11.5 Å². The van der Waals surface area contributed by atoms with Crippen LogP contribution in [-0.4, -0.2) is 43.5 Å². The van der Waals surface area contributed by atoms with E-state index in [1.807, 2.05) is 60.7 Å². The van der Waals surface area contributed by atoms with Crippen molar-refractivity contribution in [2.24, 2.45) is 0 Å². The standard InChI is InChI=1S/C28H31ClN2O4/c1-20(28(33)30-16-15-22-11-14-25(34-2)26(17-22)35-3)31(19-23-7-5-4-6-8-23)27(32)18-21-9-12-24(29)13-10-21/h4-14,17,20H,15-16,18-19H2,1-3H3,(H,30,33). The Morgan fingerprint density at radius 1 is 0.886 bits per heavy atom. The van der Waals surface area contributed by atoms with Crippen LogP contribution < -0.4 is 14.8 Å². The Labute approximate surface area is 211 Å². The molecule has 0 saturated carbocycles. The van der Waals surface area contributed by atoms with E-state index in [1.54, 1.807) is 38.2 Å². The molecular weight excluding hydrogens is 464 g/mol. The van der Waals surface area contributed by atoms with Gasteiger partial charge >= 0.3 is 0 Å². The average Bonchev–Trinajstić information content (AvgIpc) is 2.88. The number of carbonyl (C=O) groups excluding carboxylic acids is 2. The summed E-state index contributed by atoms with van der Waals surface area (Å²) in [5.41, 5.74) is 2.82. The molecule has 6 nitrogen and oxygen atoms in total. The third kappa shape index (κ3) is 7.49. The molecule has 0 aliphatic heterocycles. The Morgan fingerprint density at radius 2 is 1.54 bits per heavy atom. The van der Waals surface area contributed by atoms with Gasteiger partial charge in [0.2, 0.25) is 11.8 Å². The SMILES string of the molecule is COc1ccc(CCNC(=O)C(C)N(Cc2ccccc2)C(=O)Cc2ccc(Cl)cc2)cc1OC. The van der Waals surface area contributed by atoms with Crippen LogP contribution in [0.4, 0.5) is 0 Å². The molecule has 35 heavy (non-hydrogen) atoms. The summed E-state index contributed by atoms with van der Waals surface area (Å²) in [6.07, 6.45) is 0.809. The van der Waals surface area contributed by atoms with Crippen molar-refractivity contribution in [3.63, 3.8) is 0 Å². The van der Waals surface area contributed by atoms with Gasteiger partial charge in [-0.2, -0.15) is 0 Å². The summed E-state index contributed by atoms with van der Waals surface area (Å²) in [7, 11) is 3.18. The van der Waals surface area contributed by atoms with Crippen molar-refractivity contribution in [1.82, 2.24) is 10.2 Å². The first-order valence-electron chi connectivity index (χ1n) is 11.5. The number of nitrogens with one attached hydrogen (secondary N) is 1. The molecule has 0 aliphatic rings. The van der Waals surface area contributed by atoms with E-state index < -0.39 is 6.04 Å². The van der Waals surface area contributed by atoms with Crippen LogP contribution in [0.2, 0.25) is 5.02 Å². The van der Waals surface area contributed by atoms with E-state index in [9.17, 15) is 9.59 Å². The second-order valence-corrected chi connectivity index (χ2v) is 8.65. The summed E-state index contributed by atoms with van der Waals surface area (Å²) >= 11 is 5.97. The number of rotatable bonds is 11. The fourth-order valence-electron chi connectivity index (χ4n) is 3.76. The van der Waals surface area contributed by atoms with E-state index in [1.165, 1.54) is 0 Å². The quantitative estimate of drug-likeness (QED) is 0.420. The Hall–Kier alpha value is -3.51. The lowest BCUT2D eigenvalue weighted by atomic mass is 10.1. The normalized spacial score (nSPS) is 11.4. The molecule has 0 spiro atoms. The molecule has 0 fully saturated rings. The molecule has 7 heteroatoms. The van der Waals surface area contributed by atoms with E-state index >= 15 is 0 Å². The fourth-order valence-corrected chi connectivity index (χ4v) is 3.88. The Kier molecular flexibility index (Phi) is 9.56. The molecule has 184 valence electrons. The first-order chi connectivity index (χ1) is 16.9. The van der Waals surface area contributed by atoms with Crippen molar-refractivity contribution in [2.45, 2.75) is 32.4 Å². The predicted octanol–water partition coefficient (Wildman–Crippen LogP) is 4.68. The predicted molar refractivity (Wildman–Crippen MR) is 138 cm³/mol. The lowest BCUT2D eigenvalue weighted by Crippen LogP contribution is -2.48. The highest BCUT2D eigenvalue weighted by Gasteiger charge is 2.26. The molecule has 3 rings (SSSR count). The van der Waals surface area contributed by atoms with Crippen molar-refractivity contribution in [3.05, 3.63) is 94.5 Å². The molecular formula is C28H31ClN2O4. The van der Waals surface area contributed by atoms with E-state index in [0.29, 0.717) is 36.0 Å². The number of hydrogen-bond donors (Lipinski definition) is 1. The van der Waals surface area contributed by atoms with Crippen molar-refractivity contribution in [2.75, 3.05) is 20.8 Å². The number of halogens is 1. The summed E-state index contributed by atoms with van der Waals surface area (Å²) in [6, 6.07) is 21.9. The molecule has 0 aliphatic carbocycles. The second kappa shape index (κ2) is 12.8. The smallest absolute Gasteiger partial charge is 0.242 e. The van der Waals surface area contributed by atoms with Gasteiger partial charge in [0, 0.05) is 18.1 Å². The van der Waals surface area contributed by atoms with Crippen LogP contribution in [0.5, 0.6) is 11.5 Å². The minimum absolute atomic E-state index is 0.126. The largest absolute Gasteiger partial charge is 0.493 e. The van der Waals surface area contributed by atoms with Gasteiger partial charge in [-0.1, -0.05) is 60.1 Å². The summed E-state index contributed by atoms with van der Waals surface area (Å²) in [5.74, 6) is 0.973. The first-order valence-corrected chi connectivity index (χ1v) is 11.9. The zero-order chi connectivity index (χ0) is 25.2. The summed E-state index contributed by atoms with van der Waals surface area (Å²) in [4.78, 5) is 27.9. The third-order valence-corrected chi connectivity index (χ3v) is 6.04. The number of carbonyl (C=O) groups is 2. The molecule has 0 saturated heterocycles. The van der Waals surface area contributed by atoms with Gasteiger partial charge in [0.25, 0.3) is 0 Å².